The third-order valence-electron chi connectivity index (χ3n) is 5.13. The first-order valence-corrected chi connectivity index (χ1v) is 10.1. The Hall–Kier alpha value is -2.46. The first-order chi connectivity index (χ1) is 13.5. The molecule has 28 heavy (non-hydrogen) atoms. The number of allylic oxidation sites excluding steroid dienone is 1. The van der Waals surface area contributed by atoms with Gasteiger partial charge in [0.05, 0.1) is 29.5 Å². The second-order valence-electron chi connectivity index (χ2n) is 6.67. The van der Waals surface area contributed by atoms with Crippen LogP contribution in [0.1, 0.15) is 23.5 Å². The molecule has 4 rings (SSSR count). The summed E-state index contributed by atoms with van der Waals surface area (Å²) in [5, 5.41) is 22.3. The van der Waals surface area contributed by atoms with Crippen LogP contribution in [0.4, 0.5) is 0 Å². The summed E-state index contributed by atoms with van der Waals surface area (Å²) in [5.74, 6) is 0.255. The maximum absolute atomic E-state index is 13.1. The van der Waals surface area contributed by atoms with Crippen molar-refractivity contribution in [2.45, 2.75) is 18.1 Å². The van der Waals surface area contributed by atoms with E-state index >= 15 is 0 Å². The number of fused-ring (bicyclic) bond motifs is 1. The fourth-order valence-corrected chi connectivity index (χ4v) is 5.26. The zero-order valence-electron chi connectivity index (χ0n) is 15.1. The highest BCUT2D eigenvalue weighted by Gasteiger charge is 2.52. The van der Waals surface area contributed by atoms with Gasteiger partial charge >= 0.3 is 0 Å². The molecule has 0 radical (unpaired) electrons. The lowest BCUT2D eigenvalue weighted by molar-refractivity contribution is -0.149. The van der Waals surface area contributed by atoms with E-state index in [-0.39, 0.29) is 18.1 Å². The van der Waals surface area contributed by atoms with Gasteiger partial charge in [-0.3, -0.25) is 9.69 Å². The largest absolute Gasteiger partial charge is 0.496 e. The smallest absolute Gasteiger partial charge is 0.231 e. The van der Waals surface area contributed by atoms with E-state index in [0.29, 0.717) is 26.9 Å². The maximum Gasteiger partial charge on any atom is 0.231 e. The Labute approximate surface area is 172 Å². The molecule has 2 unspecified atom stereocenters. The van der Waals surface area contributed by atoms with Crippen molar-refractivity contribution >= 4 is 29.3 Å². The molecule has 5 nitrogen and oxygen atoms in total. The van der Waals surface area contributed by atoms with Crippen molar-refractivity contribution < 1.29 is 14.6 Å². The van der Waals surface area contributed by atoms with Crippen LogP contribution in [-0.4, -0.2) is 28.8 Å². The van der Waals surface area contributed by atoms with Crippen LogP contribution in [0.3, 0.4) is 0 Å². The molecule has 2 aliphatic rings. The summed E-state index contributed by atoms with van der Waals surface area (Å²) < 4.78 is 5.43. The Kier molecular flexibility index (Phi) is 4.84. The van der Waals surface area contributed by atoms with E-state index in [1.54, 1.807) is 31.4 Å². The third kappa shape index (κ3) is 2.87. The Morgan fingerprint density at radius 1 is 1.29 bits per heavy atom. The zero-order valence-corrected chi connectivity index (χ0v) is 16.6. The highest BCUT2D eigenvalue weighted by Crippen LogP contribution is 2.52. The molecular weight excluding hydrogens is 396 g/mol. The molecule has 1 N–H and O–H groups in total. The fraction of sp³-hybridized carbons (Fsp3) is 0.238. The van der Waals surface area contributed by atoms with E-state index in [1.807, 2.05) is 24.3 Å². The van der Waals surface area contributed by atoms with E-state index in [0.717, 1.165) is 5.56 Å². The average molecular weight is 413 g/mol. The van der Waals surface area contributed by atoms with Crippen LogP contribution < -0.4 is 4.74 Å². The number of carbonyl (C=O) groups is 1. The highest BCUT2D eigenvalue weighted by molar-refractivity contribution is 8.03. The van der Waals surface area contributed by atoms with Crippen molar-refractivity contribution in [2.24, 2.45) is 0 Å². The molecule has 2 atom stereocenters. The van der Waals surface area contributed by atoms with Gasteiger partial charge in [0, 0.05) is 28.5 Å². The number of hydrogen-bond donors (Lipinski definition) is 1. The molecule has 1 amide bonds. The summed E-state index contributed by atoms with van der Waals surface area (Å²) in [6.45, 7) is 0. The molecule has 1 saturated heterocycles. The third-order valence-corrected chi connectivity index (χ3v) is 6.61. The van der Waals surface area contributed by atoms with E-state index < -0.39 is 11.6 Å². The van der Waals surface area contributed by atoms with Gasteiger partial charge in [-0.15, -0.1) is 11.8 Å². The van der Waals surface area contributed by atoms with E-state index in [2.05, 4.69) is 6.07 Å². The standard InChI is InChI=1S/C21H17ClN2O3S/c1-27-18-5-3-2-4-15(18)16-10-19(25)24-20(17(16)11-23)28-12-21(24,26)13-6-8-14(22)9-7-13/h2-9,16,26H,10,12H2,1H3. The summed E-state index contributed by atoms with van der Waals surface area (Å²) in [4.78, 5) is 14.5. The summed E-state index contributed by atoms with van der Waals surface area (Å²) in [5.41, 5.74) is 0.333. The van der Waals surface area contributed by atoms with E-state index in [1.165, 1.54) is 16.7 Å². The minimum atomic E-state index is -1.50. The number of nitriles is 1. The molecule has 0 saturated carbocycles. The summed E-state index contributed by atoms with van der Waals surface area (Å²) in [6, 6.07) is 16.4. The summed E-state index contributed by atoms with van der Waals surface area (Å²) in [6.07, 6.45) is 0.0865. The lowest BCUT2D eigenvalue weighted by Gasteiger charge is -2.38. The lowest BCUT2D eigenvalue weighted by atomic mass is 9.85. The van der Waals surface area contributed by atoms with Crippen molar-refractivity contribution in [1.29, 1.82) is 5.26 Å². The van der Waals surface area contributed by atoms with Crippen LogP contribution >= 0.6 is 23.4 Å². The molecular formula is C21H17ClN2O3S. The zero-order chi connectivity index (χ0) is 19.9. The molecule has 2 aromatic carbocycles. The number of rotatable bonds is 3. The van der Waals surface area contributed by atoms with Gasteiger partial charge in [-0.2, -0.15) is 5.26 Å². The Bertz CT molecular complexity index is 1020. The van der Waals surface area contributed by atoms with Crippen molar-refractivity contribution in [3.63, 3.8) is 0 Å². The second kappa shape index (κ2) is 7.17. The monoisotopic (exact) mass is 412 g/mol. The number of thioether (sulfide) groups is 1. The average Bonchev–Trinajstić information content (AvgIpc) is 3.07. The van der Waals surface area contributed by atoms with Crippen LogP contribution in [0, 0.1) is 11.3 Å². The van der Waals surface area contributed by atoms with Crippen molar-refractivity contribution in [1.82, 2.24) is 4.90 Å². The molecule has 0 aromatic heterocycles. The van der Waals surface area contributed by atoms with E-state index in [9.17, 15) is 15.2 Å². The molecule has 0 spiro atoms. The van der Waals surface area contributed by atoms with E-state index in [4.69, 9.17) is 16.3 Å². The van der Waals surface area contributed by atoms with Gasteiger partial charge in [-0.1, -0.05) is 41.9 Å². The molecule has 2 aliphatic heterocycles. The van der Waals surface area contributed by atoms with Crippen molar-refractivity contribution in [3.05, 3.63) is 75.3 Å². The Morgan fingerprint density at radius 2 is 2.00 bits per heavy atom. The predicted molar refractivity (Wildman–Crippen MR) is 108 cm³/mol. The first-order valence-electron chi connectivity index (χ1n) is 8.71. The van der Waals surface area contributed by atoms with Gasteiger partial charge in [0.15, 0.2) is 5.72 Å². The van der Waals surface area contributed by atoms with Crippen LogP contribution in [0.2, 0.25) is 5.02 Å². The van der Waals surface area contributed by atoms with Gasteiger partial charge in [-0.05, 0) is 18.2 Å². The SMILES string of the molecule is COc1ccccc1C1CC(=O)N2C(=C1C#N)SCC2(O)c1ccc(Cl)cc1. The number of ether oxygens (including phenoxy) is 1. The van der Waals surface area contributed by atoms with Crippen LogP contribution in [-0.2, 0) is 10.5 Å². The Morgan fingerprint density at radius 3 is 2.68 bits per heavy atom. The molecule has 2 aromatic rings. The predicted octanol–water partition coefficient (Wildman–Crippen LogP) is 3.99. The van der Waals surface area contributed by atoms with Crippen LogP contribution in [0.25, 0.3) is 0 Å². The normalized spacial score (nSPS) is 24.1. The molecule has 0 aliphatic carbocycles. The number of methoxy groups -OCH3 is 1. The number of hydrogen-bond acceptors (Lipinski definition) is 5. The summed E-state index contributed by atoms with van der Waals surface area (Å²) in [7, 11) is 1.57. The van der Waals surface area contributed by atoms with Gasteiger partial charge in [0.2, 0.25) is 5.91 Å². The number of benzene rings is 2. The van der Waals surface area contributed by atoms with Crippen LogP contribution in [0.15, 0.2) is 59.1 Å². The number of carbonyl (C=O) groups excluding carboxylic acids is 1. The van der Waals surface area contributed by atoms with Crippen molar-refractivity contribution in [3.8, 4) is 11.8 Å². The van der Waals surface area contributed by atoms with Gasteiger partial charge in [-0.25, -0.2) is 0 Å². The second-order valence-corrected chi connectivity index (χ2v) is 8.07. The first kappa shape index (κ1) is 18.9. The minimum Gasteiger partial charge on any atom is -0.496 e. The van der Waals surface area contributed by atoms with Crippen LogP contribution in [0.5, 0.6) is 5.75 Å². The minimum absolute atomic E-state index is 0.0865. The van der Waals surface area contributed by atoms with Gasteiger partial charge in [0.25, 0.3) is 0 Å². The number of para-hydroxylation sites is 1. The number of halogens is 1. The molecule has 7 heteroatoms. The molecule has 1 fully saturated rings. The fourth-order valence-electron chi connectivity index (χ4n) is 3.78. The quantitative estimate of drug-likeness (QED) is 0.825. The number of nitrogens with zero attached hydrogens (tertiary/aromatic N) is 2. The van der Waals surface area contributed by atoms with Gasteiger partial charge < -0.3 is 9.84 Å². The summed E-state index contributed by atoms with van der Waals surface area (Å²) >= 11 is 7.28. The highest BCUT2D eigenvalue weighted by atomic mass is 35.5. The topological polar surface area (TPSA) is 73.6 Å². The number of aliphatic hydroxyl groups is 1. The molecule has 2 heterocycles. The van der Waals surface area contributed by atoms with Gasteiger partial charge in [0.1, 0.15) is 5.75 Å². The Balaban J connectivity index is 1.82. The van der Waals surface area contributed by atoms with Crippen molar-refractivity contribution in [2.75, 3.05) is 12.9 Å². The molecule has 0 bridgehead atoms. The number of amides is 1. The maximum atomic E-state index is 13.1. The lowest BCUT2D eigenvalue weighted by Crippen LogP contribution is -2.48. The molecule has 142 valence electrons.